The van der Waals surface area contributed by atoms with Crippen molar-refractivity contribution in [1.29, 1.82) is 0 Å². The number of carbonyl (C=O) groups is 2. The first-order valence-electron chi connectivity index (χ1n) is 8.20. The third-order valence-electron chi connectivity index (χ3n) is 4.10. The maximum Gasteiger partial charge on any atom is 0.255 e. The van der Waals surface area contributed by atoms with Gasteiger partial charge in [0, 0.05) is 29.2 Å². The van der Waals surface area contributed by atoms with E-state index in [1.807, 2.05) is 0 Å². The number of carbonyl (C=O) groups excluding carboxylic acids is 2. The molecular weight excluding hydrogens is 356 g/mol. The smallest absolute Gasteiger partial charge is 0.255 e. The molecular formula is C19H19ClN2O4. The molecule has 7 heteroatoms. The first-order chi connectivity index (χ1) is 12.6. The summed E-state index contributed by atoms with van der Waals surface area (Å²) in [6.45, 7) is 2.26. The van der Waals surface area contributed by atoms with Gasteiger partial charge < -0.3 is 19.7 Å². The van der Waals surface area contributed by atoms with Crippen molar-refractivity contribution in [1.82, 2.24) is 4.90 Å². The molecule has 0 aromatic heterocycles. The average Bonchev–Trinajstić information content (AvgIpc) is 2.68. The zero-order valence-electron chi connectivity index (χ0n) is 14.3. The molecule has 26 heavy (non-hydrogen) atoms. The van der Waals surface area contributed by atoms with Crippen LogP contribution in [0.1, 0.15) is 20.7 Å². The topological polar surface area (TPSA) is 67.9 Å². The highest BCUT2D eigenvalue weighted by Gasteiger charge is 2.19. The molecule has 0 radical (unpaired) electrons. The summed E-state index contributed by atoms with van der Waals surface area (Å²) >= 11 is 5.97. The van der Waals surface area contributed by atoms with Crippen LogP contribution in [0, 0.1) is 0 Å². The summed E-state index contributed by atoms with van der Waals surface area (Å²) in [5.74, 6) is 0.148. The Labute approximate surface area is 156 Å². The molecule has 1 aliphatic heterocycles. The van der Waals surface area contributed by atoms with E-state index in [9.17, 15) is 9.59 Å². The average molecular weight is 375 g/mol. The number of halogens is 1. The molecule has 2 aromatic rings. The fourth-order valence-corrected chi connectivity index (χ4v) is 2.86. The number of nitrogens with zero attached hydrogens (tertiary/aromatic N) is 1. The Morgan fingerprint density at radius 3 is 2.38 bits per heavy atom. The van der Waals surface area contributed by atoms with Gasteiger partial charge in [-0.05, 0) is 42.5 Å². The number of hydrogen-bond acceptors (Lipinski definition) is 4. The van der Waals surface area contributed by atoms with E-state index in [1.165, 1.54) is 7.11 Å². The van der Waals surface area contributed by atoms with Crippen LogP contribution in [0.2, 0.25) is 5.02 Å². The van der Waals surface area contributed by atoms with Gasteiger partial charge in [0.1, 0.15) is 5.75 Å². The van der Waals surface area contributed by atoms with E-state index in [2.05, 4.69) is 5.32 Å². The van der Waals surface area contributed by atoms with Gasteiger partial charge in [0.05, 0.1) is 26.0 Å². The minimum atomic E-state index is -0.309. The van der Waals surface area contributed by atoms with E-state index in [1.54, 1.807) is 47.4 Å². The molecule has 1 heterocycles. The van der Waals surface area contributed by atoms with E-state index in [0.717, 1.165) is 0 Å². The van der Waals surface area contributed by atoms with Crippen molar-refractivity contribution in [3.63, 3.8) is 0 Å². The number of benzene rings is 2. The highest BCUT2D eigenvalue weighted by molar-refractivity contribution is 6.31. The summed E-state index contributed by atoms with van der Waals surface area (Å²) in [5, 5.41) is 3.26. The van der Waals surface area contributed by atoms with E-state index in [0.29, 0.717) is 53.9 Å². The standard InChI is InChI=1S/C19H19ClN2O4/c1-25-17-7-6-15(20)12-16(17)21-18(23)13-2-4-14(5-3-13)19(24)22-8-10-26-11-9-22/h2-7,12H,8-11H2,1H3,(H,21,23). The van der Waals surface area contributed by atoms with Crippen LogP contribution in [0.5, 0.6) is 5.75 Å². The number of rotatable bonds is 4. The van der Waals surface area contributed by atoms with Gasteiger partial charge in [-0.2, -0.15) is 0 Å². The lowest BCUT2D eigenvalue weighted by Gasteiger charge is -2.26. The highest BCUT2D eigenvalue weighted by atomic mass is 35.5. The molecule has 0 unspecified atom stereocenters. The van der Waals surface area contributed by atoms with E-state index in [4.69, 9.17) is 21.1 Å². The number of nitrogens with one attached hydrogen (secondary N) is 1. The number of ether oxygens (including phenoxy) is 2. The van der Waals surface area contributed by atoms with Crippen molar-refractivity contribution in [2.45, 2.75) is 0 Å². The quantitative estimate of drug-likeness (QED) is 0.893. The van der Waals surface area contributed by atoms with Crippen molar-refractivity contribution >= 4 is 29.1 Å². The van der Waals surface area contributed by atoms with Crippen molar-refractivity contribution in [2.24, 2.45) is 0 Å². The summed E-state index contributed by atoms with van der Waals surface area (Å²) in [4.78, 5) is 26.6. The summed E-state index contributed by atoms with van der Waals surface area (Å²) < 4.78 is 10.5. The second-order valence-corrected chi connectivity index (χ2v) is 6.22. The molecule has 0 saturated carbocycles. The molecule has 2 amide bonds. The molecule has 1 fully saturated rings. The lowest BCUT2D eigenvalue weighted by Crippen LogP contribution is -2.40. The van der Waals surface area contributed by atoms with E-state index in [-0.39, 0.29) is 11.8 Å². The summed E-state index contributed by atoms with van der Waals surface area (Å²) in [6, 6.07) is 11.5. The molecule has 136 valence electrons. The monoisotopic (exact) mass is 374 g/mol. The van der Waals surface area contributed by atoms with Gasteiger partial charge in [0.2, 0.25) is 0 Å². The normalized spacial score (nSPS) is 14.0. The lowest BCUT2D eigenvalue weighted by atomic mass is 10.1. The molecule has 0 aliphatic carbocycles. The number of hydrogen-bond donors (Lipinski definition) is 1. The number of amides is 2. The number of methoxy groups -OCH3 is 1. The first kappa shape index (κ1) is 18.2. The molecule has 0 spiro atoms. The van der Waals surface area contributed by atoms with Gasteiger partial charge >= 0.3 is 0 Å². The number of morpholine rings is 1. The van der Waals surface area contributed by atoms with Crippen LogP contribution in [-0.4, -0.2) is 50.1 Å². The lowest BCUT2D eigenvalue weighted by molar-refractivity contribution is 0.0303. The maximum absolute atomic E-state index is 12.5. The fourth-order valence-electron chi connectivity index (χ4n) is 2.69. The van der Waals surface area contributed by atoms with E-state index >= 15 is 0 Å². The SMILES string of the molecule is COc1ccc(Cl)cc1NC(=O)c1ccc(C(=O)N2CCOCC2)cc1. The molecule has 0 atom stereocenters. The summed E-state index contributed by atoms with van der Waals surface area (Å²) in [5.41, 5.74) is 1.47. The molecule has 2 aromatic carbocycles. The highest BCUT2D eigenvalue weighted by Crippen LogP contribution is 2.28. The zero-order valence-corrected chi connectivity index (χ0v) is 15.1. The van der Waals surface area contributed by atoms with Crippen LogP contribution >= 0.6 is 11.6 Å². The predicted molar refractivity (Wildman–Crippen MR) is 99.1 cm³/mol. The van der Waals surface area contributed by atoms with Gasteiger partial charge in [-0.15, -0.1) is 0 Å². The zero-order chi connectivity index (χ0) is 18.5. The van der Waals surface area contributed by atoms with Crippen LogP contribution in [0.15, 0.2) is 42.5 Å². The van der Waals surface area contributed by atoms with Crippen LogP contribution in [0.25, 0.3) is 0 Å². The summed E-state index contributed by atoms with van der Waals surface area (Å²) in [7, 11) is 1.52. The maximum atomic E-state index is 12.5. The number of anilines is 1. The third-order valence-corrected chi connectivity index (χ3v) is 4.34. The first-order valence-corrected chi connectivity index (χ1v) is 8.58. The largest absolute Gasteiger partial charge is 0.495 e. The Balaban J connectivity index is 1.71. The van der Waals surface area contributed by atoms with Crippen molar-refractivity contribution in [2.75, 3.05) is 38.7 Å². The molecule has 1 N–H and O–H groups in total. The second kappa shape index (κ2) is 8.21. The second-order valence-electron chi connectivity index (χ2n) is 5.78. The minimum absolute atomic E-state index is 0.0585. The van der Waals surface area contributed by atoms with Crippen LogP contribution in [-0.2, 0) is 4.74 Å². The van der Waals surface area contributed by atoms with Crippen LogP contribution in [0.3, 0.4) is 0 Å². The van der Waals surface area contributed by atoms with E-state index < -0.39 is 0 Å². The Bertz CT molecular complexity index is 802. The van der Waals surface area contributed by atoms with Gasteiger partial charge in [-0.25, -0.2) is 0 Å². The van der Waals surface area contributed by atoms with Gasteiger partial charge in [0.15, 0.2) is 0 Å². The molecule has 0 bridgehead atoms. The third kappa shape index (κ3) is 4.15. The van der Waals surface area contributed by atoms with Crippen molar-refractivity contribution < 1.29 is 19.1 Å². The fraction of sp³-hybridized carbons (Fsp3) is 0.263. The summed E-state index contributed by atoms with van der Waals surface area (Å²) in [6.07, 6.45) is 0. The molecule has 1 aliphatic rings. The Morgan fingerprint density at radius 2 is 1.73 bits per heavy atom. The van der Waals surface area contributed by atoms with Crippen molar-refractivity contribution in [3.8, 4) is 5.75 Å². The van der Waals surface area contributed by atoms with Gasteiger partial charge in [-0.1, -0.05) is 11.6 Å². The minimum Gasteiger partial charge on any atom is -0.495 e. The Hall–Kier alpha value is -2.57. The molecule has 6 nitrogen and oxygen atoms in total. The molecule has 3 rings (SSSR count). The van der Waals surface area contributed by atoms with Gasteiger partial charge in [0.25, 0.3) is 11.8 Å². The Morgan fingerprint density at radius 1 is 1.08 bits per heavy atom. The Kier molecular flexibility index (Phi) is 5.75. The van der Waals surface area contributed by atoms with Crippen molar-refractivity contribution in [3.05, 3.63) is 58.6 Å². The van der Waals surface area contributed by atoms with Crippen LogP contribution in [0.4, 0.5) is 5.69 Å². The molecule has 1 saturated heterocycles. The predicted octanol–water partition coefficient (Wildman–Crippen LogP) is 3.07. The van der Waals surface area contributed by atoms with Gasteiger partial charge in [-0.3, -0.25) is 9.59 Å². The van der Waals surface area contributed by atoms with Crippen LogP contribution < -0.4 is 10.1 Å².